The Bertz CT molecular complexity index is 354. The van der Waals surface area contributed by atoms with Crippen molar-refractivity contribution in [3.63, 3.8) is 0 Å². The summed E-state index contributed by atoms with van der Waals surface area (Å²) >= 11 is 0. The molecule has 1 rings (SSSR count). The highest BCUT2D eigenvalue weighted by Crippen LogP contribution is 2.23. The molecule has 1 aliphatic carbocycles. The van der Waals surface area contributed by atoms with Gasteiger partial charge >= 0.3 is 12.1 Å². The maximum absolute atomic E-state index is 11.6. The highest BCUT2D eigenvalue weighted by molar-refractivity contribution is 5.80. The lowest BCUT2D eigenvalue weighted by Crippen LogP contribution is -2.40. The molecule has 0 aromatic heterocycles. The van der Waals surface area contributed by atoms with Crippen molar-refractivity contribution in [1.82, 2.24) is 5.32 Å². The fourth-order valence-electron chi connectivity index (χ4n) is 2.00. The van der Waals surface area contributed by atoms with Crippen LogP contribution in [-0.4, -0.2) is 28.8 Å². The smallest absolute Gasteiger partial charge is 0.407 e. The Balaban J connectivity index is 2.48. The molecule has 1 saturated carbocycles. The lowest BCUT2D eigenvalue weighted by atomic mass is 9.90. The number of hydrogen-bond acceptors (Lipinski definition) is 3. The number of carbonyl (C=O) groups is 2. The molecule has 1 unspecified atom stereocenters. The van der Waals surface area contributed by atoms with E-state index < -0.39 is 17.7 Å². The van der Waals surface area contributed by atoms with Crippen molar-refractivity contribution in [3.05, 3.63) is 11.6 Å². The van der Waals surface area contributed by atoms with E-state index in [1.54, 1.807) is 0 Å². The van der Waals surface area contributed by atoms with Crippen molar-refractivity contribution in [2.75, 3.05) is 0 Å². The van der Waals surface area contributed by atoms with Crippen LogP contribution >= 0.6 is 0 Å². The fraction of sp³-hybridized carbons (Fsp3) is 0.692. The third-order valence-corrected chi connectivity index (χ3v) is 2.61. The van der Waals surface area contributed by atoms with Crippen molar-refractivity contribution >= 4 is 12.1 Å². The molecule has 5 nitrogen and oxygen atoms in total. The number of aliphatic carboxylic acids is 1. The zero-order valence-electron chi connectivity index (χ0n) is 11.2. The molecule has 0 bridgehead atoms. The lowest BCUT2D eigenvalue weighted by molar-refractivity contribution is -0.131. The number of nitrogens with one attached hydrogen (secondary N) is 1. The Hall–Kier alpha value is -1.52. The number of carbonyl (C=O) groups excluding carboxylic acids is 1. The monoisotopic (exact) mass is 255 g/mol. The number of amides is 1. The van der Waals surface area contributed by atoms with Crippen LogP contribution in [0.25, 0.3) is 0 Å². The van der Waals surface area contributed by atoms with Gasteiger partial charge in [-0.1, -0.05) is 5.57 Å². The van der Waals surface area contributed by atoms with E-state index in [2.05, 4.69) is 5.32 Å². The third kappa shape index (κ3) is 5.70. The van der Waals surface area contributed by atoms with Gasteiger partial charge in [0.25, 0.3) is 0 Å². The molecule has 1 fully saturated rings. The van der Waals surface area contributed by atoms with Gasteiger partial charge in [0.2, 0.25) is 0 Å². The maximum atomic E-state index is 11.6. The second-order valence-corrected chi connectivity index (χ2v) is 5.58. The van der Waals surface area contributed by atoms with Gasteiger partial charge in [0.15, 0.2) is 0 Å². The van der Waals surface area contributed by atoms with E-state index >= 15 is 0 Å². The van der Waals surface area contributed by atoms with E-state index in [0.717, 1.165) is 24.8 Å². The number of carboxylic acids is 1. The minimum Gasteiger partial charge on any atom is -0.478 e. The molecule has 1 amide bonds. The third-order valence-electron chi connectivity index (χ3n) is 2.61. The van der Waals surface area contributed by atoms with Crippen molar-refractivity contribution < 1.29 is 19.4 Å². The van der Waals surface area contributed by atoms with Crippen LogP contribution in [0.4, 0.5) is 4.79 Å². The highest BCUT2D eigenvalue weighted by atomic mass is 16.6. The van der Waals surface area contributed by atoms with E-state index in [4.69, 9.17) is 9.84 Å². The SMILES string of the molecule is CC(C)(C)OC(=O)NC1CCC/C(=C/C(=O)O)C1. The second-order valence-electron chi connectivity index (χ2n) is 5.58. The fourth-order valence-corrected chi connectivity index (χ4v) is 2.00. The first-order valence-corrected chi connectivity index (χ1v) is 6.18. The summed E-state index contributed by atoms with van der Waals surface area (Å²) in [6.45, 7) is 5.43. The molecule has 0 heterocycles. The number of ether oxygens (including phenoxy) is 1. The molecule has 0 saturated heterocycles. The molecule has 0 aliphatic heterocycles. The average molecular weight is 255 g/mol. The van der Waals surface area contributed by atoms with Crippen molar-refractivity contribution in [3.8, 4) is 0 Å². The largest absolute Gasteiger partial charge is 0.478 e. The quantitative estimate of drug-likeness (QED) is 0.743. The van der Waals surface area contributed by atoms with Gasteiger partial charge in [0.1, 0.15) is 5.60 Å². The van der Waals surface area contributed by atoms with Gasteiger partial charge in [-0.2, -0.15) is 0 Å². The summed E-state index contributed by atoms with van der Waals surface area (Å²) in [6, 6.07) is -0.0285. The summed E-state index contributed by atoms with van der Waals surface area (Å²) in [5.74, 6) is -0.928. The van der Waals surface area contributed by atoms with Crippen LogP contribution < -0.4 is 5.32 Å². The Labute approximate surface area is 107 Å². The average Bonchev–Trinajstić information content (AvgIpc) is 2.13. The molecule has 0 aromatic rings. The minimum absolute atomic E-state index is 0.0285. The van der Waals surface area contributed by atoms with Crippen LogP contribution in [-0.2, 0) is 9.53 Å². The summed E-state index contributed by atoms with van der Waals surface area (Å²) in [5, 5.41) is 11.5. The van der Waals surface area contributed by atoms with Gasteiger partial charge in [0, 0.05) is 12.1 Å². The topological polar surface area (TPSA) is 75.6 Å². The van der Waals surface area contributed by atoms with E-state index in [1.165, 1.54) is 6.08 Å². The standard InChI is InChI=1S/C13H21NO4/c1-13(2,3)18-12(17)14-10-6-4-5-9(7-10)8-11(15)16/h8,10H,4-7H2,1-3H3,(H,14,17)(H,15,16)/b9-8-. The summed E-state index contributed by atoms with van der Waals surface area (Å²) < 4.78 is 5.17. The minimum atomic E-state index is -0.928. The van der Waals surface area contributed by atoms with Crippen LogP contribution in [0.3, 0.4) is 0 Å². The van der Waals surface area contributed by atoms with Gasteiger partial charge < -0.3 is 15.2 Å². The predicted molar refractivity (Wildman–Crippen MR) is 67.3 cm³/mol. The van der Waals surface area contributed by atoms with Crippen LogP contribution in [0.5, 0.6) is 0 Å². The van der Waals surface area contributed by atoms with Gasteiger partial charge in [-0.15, -0.1) is 0 Å². The van der Waals surface area contributed by atoms with Gasteiger partial charge in [-0.3, -0.25) is 0 Å². The Kier molecular flexibility index (Phi) is 4.76. The number of carboxylic acid groups (broad SMARTS) is 1. The molecule has 2 N–H and O–H groups in total. The molecule has 0 radical (unpaired) electrons. The highest BCUT2D eigenvalue weighted by Gasteiger charge is 2.22. The van der Waals surface area contributed by atoms with E-state index in [0.29, 0.717) is 6.42 Å². The van der Waals surface area contributed by atoms with Crippen molar-refractivity contribution in [1.29, 1.82) is 0 Å². The molecule has 102 valence electrons. The first kappa shape index (κ1) is 14.5. The summed E-state index contributed by atoms with van der Waals surface area (Å²) in [5.41, 5.74) is 0.355. The Morgan fingerprint density at radius 2 is 2.11 bits per heavy atom. The van der Waals surface area contributed by atoms with E-state index in [9.17, 15) is 9.59 Å². The zero-order valence-corrected chi connectivity index (χ0v) is 11.2. The van der Waals surface area contributed by atoms with Crippen molar-refractivity contribution in [2.24, 2.45) is 0 Å². The van der Waals surface area contributed by atoms with Gasteiger partial charge in [-0.05, 0) is 46.5 Å². The van der Waals surface area contributed by atoms with E-state index in [-0.39, 0.29) is 6.04 Å². The summed E-state index contributed by atoms with van der Waals surface area (Å²) in [4.78, 5) is 22.2. The maximum Gasteiger partial charge on any atom is 0.407 e. The number of hydrogen-bond donors (Lipinski definition) is 2. The van der Waals surface area contributed by atoms with Crippen LogP contribution in [0.2, 0.25) is 0 Å². The van der Waals surface area contributed by atoms with Crippen LogP contribution in [0.1, 0.15) is 46.5 Å². The first-order valence-electron chi connectivity index (χ1n) is 6.18. The Morgan fingerprint density at radius 1 is 1.44 bits per heavy atom. The van der Waals surface area contributed by atoms with Gasteiger partial charge in [-0.25, -0.2) is 9.59 Å². The molecule has 1 atom stereocenters. The molecule has 18 heavy (non-hydrogen) atoms. The van der Waals surface area contributed by atoms with E-state index in [1.807, 2.05) is 20.8 Å². The van der Waals surface area contributed by atoms with Crippen LogP contribution in [0.15, 0.2) is 11.6 Å². The van der Waals surface area contributed by atoms with Crippen LogP contribution in [0, 0.1) is 0 Å². The summed E-state index contributed by atoms with van der Waals surface area (Å²) in [6.07, 6.45) is 3.92. The number of alkyl carbamates (subject to hydrolysis) is 1. The molecule has 0 spiro atoms. The first-order chi connectivity index (χ1) is 8.26. The van der Waals surface area contributed by atoms with Gasteiger partial charge in [0.05, 0.1) is 0 Å². The number of rotatable bonds is 2. The zero-order chi connectivity index (χ0) is 13.8. The predicted octanol–water partition coefficient (Wildman–Crippen LogP) is 2.46. The normalized spacial score (nSPS) is 22.6. The molecular weight excluding hydrogens is 234 g/mol. The molecule has 1 aliphatic rings. The molecular formula is C13H21NO4. The van der Waals surface area contributed by atoms with Crippen molar-refractivity contribution in [2.45, 2.75) is 58.1 Å². The molecule has 0 aromatic carbocycles. The Morgan fingerprint density at radius 3 is 2.67 bits per heavy atom. The summed E-state index contributed by atoms with van der Waals surface area (Å²) in [7, 11) is 0. The lowest BCUT2D eigenvalue weighted by Gasteiger charge is -2.27. The molecule has 5 heteroatoms. The second kappa shape index (κ2) is 5.89.